The molecule has 0 aliphatic rings. The summed E-state index contributed by atoms with van der Waals surface area (Å²) >= 11 is 10.5. The summed E-state index contributed by atoms with van der Waals surface area (Å²) in [6, 6.07) is 5.84. The zero-order valence-corrected chi connectivity index (χ0v) is 10.6. The molecule has 0 aliphatic heterocycles. The molecule has 1 aromatic heterocycles. The van der Waals surface area contributed by atoms with Crippen LogP contribution in [-0.4, -0.2) is 8.92 Å². The molecule has 1 nitrogen and oxygen atoms in total. The molecule has 0 bridgehead atoms. The molecule has 5 heteroatoms. The maximum Gasteiger partial charge on any atom is 0.315 e. The number of pyridine rings is 1. The summed E-state index contributed by atoms with van der Waals surface area (Å²) in [6.07, 6.45) is 1.78. The van der Waals surface area contributed by atoms with Crippen molar-refractivity contribution < 1.29 is 0 Å². The largest absolute Gasteiger partial charge is 0.315 e. The van der Waals surface area contributed by atoms with Crippen LogP contribution in [-0.2, 0) is 0 Å². The van der Waals surface area contributed by atoms with Crippen molar-refractivity contribution in [2.75, 3.05) is 0 Å². The molecule has 0 aliphatic carbocycles. The van der Waals surface area contributed by atoms with Gasteiger partial charge in [-0.2, -0.15) is 0 Å². The molecular formula is C5H4Br3NSi. The zero-order chi connectivity index (χ0) is 7.61. The summed E-state index contributed by atoms with van der Waals surface area (Å²) < 4.78 is -1.71. The molecule has 0 radical (unpaired) electrons. The molecule has 10 heavy (non-hydrogen) atoms. The van der Waals surface area contributed by atoms with E-state index in [0.717, 1.165) is 5.32 Å². The first-order valence-corrected chi connectivity index (χ1v) is 11.4. The van der Waals surface area contributed by atoms with E-state index in [-0.39, 0.29) is 0 Å². The van der Waals surface area contributed by atoms with Crippen LogP contribution in [0.1, 0.15) is 0 Å². The smallest absolute Gasteiger partial charge is 0.263 e. The van der Waals surface area contributed by atoms with Crippen molar-refractivity contribution in [3.05, 3.63) is 24.4 Å². The summed E-state index contributed by atoms with van der Waals surface area (Å²) in [4.78, 5) is 4.17. The van der Waals surface area contributed by atoms with E-state index in [1.807, 2.05) is 18.2 Å². The lowest BCUT2D eigenvalue weighted by Gasteiger charge is -2.06. The molecule has 0 fully saturated rings. The van der Waals surface area contributed by atoms with Crippen molar-refractivity contribution >= 4 is 55.1 Å². The fourth-order valence-electron chi connectivity index (χ4n) is 0.530. The normalized spacial score (nSPS) is 11.5. The van der Waals surface area contributed by atoms with Gasteiger partial charge in [0.25, 0.3) is 0 Å². The van der Waals surface area contributed by atoms with Crippen LogP contribution in [0.2, 0.25) is 0 Å². The van der Waals surface area contributed by atoms with Crippen LogP contribution in [0, 0.1) is 0 Å². The van der Waals surface area contributed by atoms with Gasteiger partial charge in [0.05, 0.1) is 5.32 Å². The van der Waals surface area contributed by atoms with Crippen LogP contribution < -0.4 is 5.32 Å². The van der Waals surface area contributed by atoms with Crippen LogP contribution in [0.25, 0.3) is 0 Å². The monoisotopic (exact) mass is 343 g/mol. The Bertz CT molecular complexity index is 208. The number of aromatic nitrogens is 1. The first-order valence-electron chi connectivity index (χ1n) is 2.59. The van der Waals surface area contributed by atoms with Crippen LogP contribution in [0.15, 0.2) is 24.4 Å². The van der Waals surface area contributed by atoms with E-state index in [1.54, 1.807) is 6.20 Å². The predicted molar refractivity (Wildman–Crippen MR) is 56.4 cm³/mol. The molecule has 0 saturated heterocycles. The van der Waals surface area contributed by atoms with Crippen molar-refractivity contribution in [2.24, 2.45) is 0 Å². The highest BCUT2D eigenvalue weighted by atomic mass is 80.0. The summed E-state index contributed by atoms with van der Waals surface area (Å²) in [6.45, 7) is 0. The van der Waals surface area contributed by atoms with Crippen molar-refractivity contribution in [1.82, 2.24) is 4.98 Å². The van der Waals surface area contributed by atoms with Gasteiger partial charge in [0.1, 0.15) is 0 Å². The quantitative estimate of drug-likeness (QED) is 0.562. The first-order chi connectivity index (χ1) is 4.61. The van der Waals surface area contributed by atoms with E-state index in [1.165, 1.54) is 0 Å². The molecule has 1 aromatic rings. The minimum Gasteiger partial charge on any atom is -0.263 e. The van der Waals surface area contributed by atoms with E-state index in [0.29, 0.717) is 0 Å². The van der Waals surface area contributed by atoms with E-state index in [9.17, 15) is 0 Å². The maximum absolute atomic E-state index is 4.17. The molecular weight excluding hydrogens is 342 g/mol. The van der Waals surface area contributed by atoms with Gasteiger partial charge in [0.2, 0.25) is 0 Å². The van der Waals surface area contributed by atoms with Crippen molar-refractivity contribution in [3.63, 3.8) is 0 Å². The van der Waals surface area contributed by atoms with E-state index in [2.05, 4.69) is 50.9 Å². The van der Waals surface area contributed by atoms with Gasteiger partial charge < -0.3 is 0 Å². The molecule has 0 atom stereocenters. The second-order valence-electron chi connectivity index (χ2n) is 1.71. The highest BCUT2D eigenvalue weighted by molar-refractivity contribution is 9.72. The van der Waals surface area contributed by atoms with Gasteiger partial charge in [0.15, 0.2) is 0 Å². The van der Waals surface area contributed by atoms with Gasteiger partial charge in [-0.05, 0) is 12.1 Å². The molecule has 1 heterocycles. The van der Waals surface area contributed by atoms with Gasteiger partial charge in [0, 0.05) is 6.20 Å². The second-order valence-corrected chi connectivity index (χ2v) is 23.5. The van der Waals surface area contributed by atoms with Crippen molar-refractivity contribution in [3.8, 4) is 0 Å². The average Bonchev–Trinajstić information content (AvgIpc) is 1.88. The standard InChI is InChI=1S/C5H4Br3NSi/c6-10(7,8)5-3-1-2-4-9-5/h1-4H. The Labute approximate surface area is 84.0 Å². The fourth-order valence-corrected chi connectivity index (χ4v) is 3.15. The summed E-state index contributed by atoms with van der Waals surface area (Å²) in [5.41, 5.74) is 0. The Kier molecular flexibility index (Phi) is 3.09. The second kappa shape index (κ2) is 3.47. The van der Waals surface area contributed by atoms with Gasteiger partial charge in [-0.3, -0.25) is 4.98 Å². The van der Waals surface area contributed by atoms with Gasteiger partial charge in [-0.1, -0.05) is 51.9 Å². The fraction of sp³-hybridized carbons (Fsp3) is 0. The van der Waals surface area contributed by atoms with Crippen LogP contribution >= 0.6 is 45.9 Å². The Balaban J connectivity index is 2.97. The SMILES string of the molecule is Br[Si](Br)(Br)c1ccccn1. The maximum atomic E-state index is 4.17. The molecule has 0 N–H and O–H groups in total. The Morgan fingerprint density at radius 1 is 1.20 bits per heavy atom. The van der Waals surface area contributed by atoms with Gasteiger partial charge in [-0.15, -0.1) is 0 Å². The Hall–Kier alpha value is 0.807. The van der Waals surface area contributed by atoms with Crippen LogP contribution in [0.4, 0.5) is 0 Å². The van der Waals surface area contributed by atoms with Crippen molar-refractivity contribution in [2.45, 2.75) is 0 Å². The molecule has 0 aromatic carbocycles. The zero-order valence-electron chi connectivity index (χ0n) is 4.89. The predicted octanol–water partition coefficient (Wildman–Crippen LogP) is 2.41. The topological polar surface area (TPSA) is 12.9 Å². The van der Waals surface area contributed by atoms with Crippen LogP contribution in [0.3, 0.4) is 0 Å². The number of halogens is 3. The molecule has 0 amide bonds. The third-order valence-electron chi connectivity index (χ3n) is 0.955. The van der Waals surface area contributed by atoms with Gasteiger partial charge in [-0.25, -0.2) is 0 Å². The third kappa shape index (κ3) is 2.45. The van der Waals surface area contributed by atoms with Gasteiger partial charge >= 0.3 is 3.93 Å². The molecule has 0 saturated carbocycles. The number of rotatable bonds is 1. The summed E-state index contributed by atoms with van der Waals surface area (Å²) in [7, 11) is 0. The van der Waals surface area contributed by atoms with E-state index >= 15 is 0 Å². The highest BCUT2D eigenvalue weighted by Gasteiger charge is 2.26. The highest BCUT2D eigenvalue weighted by Crippen LogP contribution is 2.25. The molecule has 1 rings (SSSR count). The molecule has 54 valence electrons. The lowest BCUT2D eigenvalue weighted by atomic mass is 10.5. The van der Waals surface area contributed by atoms with Crippen LogP contribution in [0.5, 0.6) is 0 Å². The lowest BCUT2D eigenvalue weighted by Crippen LogP contribution is -2.30. The Morgan fingerprint density at radius 3 is 2.20 bits per heavy atom. The summed E-state index contributed by atoms with van der Waals surface area (Å²) in [5, 5.41) is 1.04. The minimum absolute atomic E-state index is 1.04. The molecule has 0 spiro atoms. The lowest BCUT2D eigenvalue weighted by molar-refractivity contribution is 1.39. The third-order valence-corrected chi connectivity index (χ3v) is 5.49. The number of nitrogens with zero attached hydrogens (tertiary/aromatic N) is 1. The number of hydrogen-bond donors (Lipinski definition) is 0. The number of hydrogen-bond acceptors (Lipinski definition) is 1. The van der Waals surface area contributed by atoms with Crippen molar-refractivity contribution in [1.29, 1.82) is 0 Å². The van der Waals surface area contributed by atoms with E-state index in [4.69, 9.17) is 0 Å². The average molecular weight is 346 g/mol. The first kappa shape index (κ1) is 8.90. The van der Waals surface area contributed by atoms with E-state index < -0.39 is 3.93 Å². The Morgan fingerprint density at radius 2 is 1.90 bits per heavy atom. The summed E-state index contributed by atoms with van der Waals surface area (Å²) in [5.74, 6) is 0. The minimum atomic E-state index is -1.71. The molecule has 0 unspecified atom stereocenters.